The minimum atomic E-state index is 0.396. The van der Waals surface area contributed by atoms with Crippen LogP contribution < -0.4 is 5.73 Å². The second-order valence-electron chi connectivity index (χ2n) is 3.34. The van der Waals surface area contributed by atoms with E-state index in [4.69, 9.17) is 5.73 Å². The van der Waals surface area contributed by atoms with Gasteiger partial charge in [-0.2, -0.15) is 5.10 Å². The average molecular weight is 167 g/mol. The van der Waals surface area contributed by atoms with Crippen LogP contribution in [0, 0.1) is 6.92 Å². The zero-order chi connectivity index (χ0) is 9.30. The SMILES string of the molecule is CCc1nn(C(C)C)c(C)c1N. The summed E-state index contributed by atoms with van der Waals surface area (Å²) >= 11 is 0. The maximum absolute atomic E-state index is 5.87. The van der Waals surface area contributed by atoms with Crippen LogP contribution in [-0.4, -0.2) is 9.78 Å². The summed E-state index contributed by atoms with van der Waals surface area (Å²) in [5.41, 5.74) is 8.82. The molecule has 0 bridgehead atoms. The number of nitrogen functional groups attached to an aromatic ring is 1. The molecule has 0 aliphatic carbocycles. The molecular weight excluding hydrogens is 150 g/mol. The second-order valence-corrected chi connectivity index (χ2v) is 3.34. The van der Waals surface area contributed by atoms with Crippen LogP contribution in [0.4, 0.5) is 5.69 Å². The fourth-order valence-electron chi connectivity index (χ4n) is 1.36. The molecular formula is C9H17N3. The van der Waals surface area contributed by atoms with Gasteiger partial charge in [0.05, 0.1) is 17.1 Å². The van der Waals surface area contributed by atoms with Gasteiger partial charge in [0.15, 0.2) is 0 Å². The van der Waals surface area contributed by atoms with Gasteiger partial charge in [-0.1, -0.05) is 6.92 Å². The Hall–Kier alpha value is -0.990. The third-order valence-electron chi connectivity index (χ3n) is 2.10. The minimum absolute atomic E-state index is 0.396. The molecule has 0 aliphatic rings. The van der Waals surface area contributed by atoms with Gasteiger partial charge in [-0.15, -0.1) is 0 Å². The first-order chi connectivity index (χ1) is 5.57. The lowest BCUT2D eigenvalue weighted by Gasteiger charge is -2.07. The molecule has 3 nitrogen and oxygen atoms in total. The Morgan fingerprint density at radius 3 is 2.33 bits per heavy atom. The maximum atomic E-state index is 5.87. The number of nitrogens with two attached hydrogens (primary N) is 1. The Bertz CT molecular complexity index is 274. The Morgan fingerprint density at radius 1 is 1.50 bits per heavy atom. The standard InChI is InChI=1S/C9H17N3/c1-5-8-9(10)7(4)12(11-8)6(2)3/h6H,5,10H2,1-4H3. The highest BCUT2D eigenvalue weighted by Gasteiger charge is 2.11. The van der Waals surface area contributed by atoms with Crippen LogP contribution in [0.5, 0.6) is 0 Å². The van der Waals surface area contributed by atoms with Gasteiger partial charge in [-0.3, -0.25) is 4.68 Å². The molecule has 0 radical (unpaired) electrons. The number of nitrogens with zero attached hydrogens (tertiary/aromatic N) is 2. The fraction of sp³-hybridized carbons (Fsp3) is 0.667. The topological polar surface area (TPSA) is 43.8 Å². The number of anilines is 1. The van der Waals surface area contributed by atoms with Crippen molar-refractivity contribution in [2.75, 3.05) is 5.73 Å². The van der Waals surface area contributed by atoms with Crippen molar-refractivity contribution < 1.29 is 0 Å². The van der Waals surface area contributed by atoms with E-state index in [1.165, 1.54) is 0 Å². The van der Waals surface area contributed by atoms with Crippen LogP contribution in [0.2, 0.25) is 0 Å². The van der Waals surface area contributed by atoms with Gasteiger partial charge in [-0.05, 0) is 27.2 Å². The molecule has 0 saturated carbocycles. The summed E-state index contributed by atoms with van der Waals surface area (Å²) in [5, 5.41) is 4.42. The molecule has 1 rings (SSSR count). The van der Waals surface area contributed by atoms with Crippen molar-refractivity contribution in [3.8, 4) is 0 Å². The Balaban J connectivity index is 3.16. The second kappa shape index (κ2) is 3.17. The predicted octanol–water partition coefficient (Wildman–Crippen LogP) is 1.92. The maximum Gasteiger partial charge on any atom is 0.0854 e. The molecule has 12 heavy (non-hydrogen) atoms. The Kier molecular flexibility index (Phi) is 2.40. The normalized spacial score (nSPS) is 11.1. The van der Waals surface area contributed by atoms with E-state index < -0.39 is 0 Å². The number of hydrogen-bond acceptors (Lipinski definition) is 2. The number of aryl methyl sites for hydroxylation is 1. The van der Waals surface area contributed by atoms with Gasteiger partial charge in [0.25, 0.3) is 0 Å². The van der Waals surface area contributed by atoms with Gasteiger partial charge in [-0.25, -0.2) is 0 Å². The molecule has 68 valence electrons. The van der Waals surface area contributed by atoms with Crippen LogP contribution in [0.3, 0.4) is 0 Å². The summed E-state index contributed by atoms with van der Waals surface area (Å²) in [7, 11) is 0. The van der Waals surface area contributed by atoms with E-state index in [1.54, 1.807) is 0 Å². The lowest BCUT2D eigenvalue weighted by atomic mass is 10.2. The van der Waals surface area contributed by atoms with Crippen molar-refractivity contribution in [1.82, 2.24) is 9.78 Å². The van der Waals surface area contributed by atoms with Crippen LogP contribution in [-0.2, 0) is 6.42 Å². The Labute approximate surface area is 73.6 Å². The molecule has 3 heteroatoms. The zero-order valence-corrected chi connectivity index (χ0v) is 8.26. The molecule has 0 unspecified atom stereocenters. The molecule has 2 N–H and O–H groups in total. The fourth-order valence-corrected chi connectivity index (χ4v) is 1.36. The van der Waals surface area contributed by atoms with Crippen LogP contribution in [0.25, 0.3) is 0 Å². The van der Waals surface area contributed by atoms with Crippen molar-refractivity contribution in [3.63, 3.8) is 0 Å². The molecule has 1 aromatic heterocycles. The van der Waals surface area contributed by atoms with Gasteiger partial charge in [0.2, 0.25) is 0 Å². The van der Waals surface area contributed by atoms with E-state index >= 15 is 0 Å². The molecule has 0 aliphatic heterocycles. The van der Waals surface area contributed by atoms with E-state index in [9.17, 15) is 0 Å². The molecule has 0 saturated heterocycles. The van der Waals surface area contributed by atoms with E-state index in [0.717, 1.165) is 23.5 Å². The average Bonchev–Trinajstić information content (AvgIpc) is 2.30. The van der Waals surface area contributed by atoms with Crippen molar-refractivity contribution >= 4 is 5.69 Å². The van der Waals surface area contributed by atoms with E-state index in [0.29, 0.717) is 6.04 Å². The first-order valence-electron chi connectivity index (χ1n) is 4.41. The van der Waals surface area contributed by atoms with Crippen LogP contribution in [0.1, 0.15) is 38.2 Å². The predicted molar refractivity (Wildman–Crippen MR) is 51.1 cm³/mol. The summed E-state index contributed by atoms with van der Waals surface area (Å²) in [5.74, 6) is 0. The van der Waals surface area contributed by atoms with Crippen LogP contribution in [0.15, 0.2) is 0 Å². The third kappa shape index (κ3) is 1.31. The van der Waals surface area contributed by atoms with Gasteiger partial charge in [0, 0.05) is 6.04 Å². The Morgan fingerprint density at radius 2 is 2.08 bits per heavy atom. The van der Waals surface area contributed by atoms with Gasteiger partial charge < -0.3 is 5.73 Å². The van der Waals surface area contributed by atoms with E-state index in [2.05, 4.69) is 25.9 Å². The van der Waals surface area contributed by atoms with Crippen molar-refractivity contribution in [2.24, 2.45) is 0 Å². The largest absolute Gasteiger partial charge is 0.396 e. The highest BCUT2D eigenvalue weighted by molar-refractivity contribution is 5.47. The highest BCUT2D eigenvalue weighted by atomic mass is 15.3. The van der Waals surface area contributed by atoms with Crippen molar-refractivity contribution in [2.45, 2.75) is 40.2 Å². The molecule has 1 aromatic rings. The summed E-state index contributed by atoms with van der Waals surface area (Å²) in [6, 6.07) is 0.396. The first-order valence-corrected chi connectivity index (χ1v) is 4.41. The monoisotopic (exact) mass is 167 g/mol. The summed E-state index contributed by atoms with van der Waals surface area (Å²) in [6.07, 6.45) is 0.909. The smallest absolute Gasteiger partial charge is 0.0854 e. The summed E-state index contributed by atoms with van der Waals surface area (Å²) in [6.45, 7) is 8.31. The lowest BCUT2D eigenvalue weighted by molar-refractivity contribution is 0.514. The third-order valence-corrected chi connectivity index (χ3v) is 2.10. The van der Waals surface area contributed by atoms with E-state index in [-0.39, 0.29) is 0 Å². The zero-order valence-electron chi connectivity index (χ0n) is 8.26. The van der Waals surface area contributed by atoms with Gasteiger partial charge >= 0.3 is 0 Å². The first kappa shape index (κ1) is 9.10. The molecule has 1 heterocycles. The molecule has 0 fully saturated rings. The number of hydrogen-bond donors (Lipinski definition) is 1. The molecule has 0 amide bonds. The molecule has 0 spiro atoms. The minimum Gasteiger partial charge on any atom is -0.396 e. The summed E-state index contributed by atoms with van der Waals surface area (Å²) in [4.78, 5) is 0. The molecule has 0 atom stereocenters. The summed E-state index contributed by atoms with van der Waals surface area (Å²) < 4.78 is 1.98. The molecule has 0 aromatic carbocycles. The number of aromatic nitrogens is 2. The highest BCUT2D eigenvalue weighted by Crippen LogP contribution is 2.19. The van der Waals surface area contributed by atoms with Crippen molar-refractivity contribution in [1.29, 1.82) is 0 Å². The number of rotatable bonds is 2. The van der Waals surface area contributed by atoms with Crippen molar-refractivity contribution in [3.05, 3.63) is 11.4 Å². The lowest BCUT2D eigenvalue weighted by Crippen LogP contribution is -2.05. The van der Waals surface area contributed by atoms with E-state index in [1.807, 2.05) is 11.6 Å². The van der Waals surface area contributed by atoms with Gasteiger partial charge in [0.1, 0.15) is 0 Å². The quantitative estimate of drug-likeness (QED) is 0.731. The van der Waals surface area contributed by atoms with Crippen LogP contribution >= 0.6 is 0 Å².